The van der Waals surface area contributed by atoms with E-state index in [0.29, 0.717) is 13.2 Å². The molecule has 0 aromatic carbocycles. The molecule has 5 nitrogen and oxygen atoms in total. The molecule has 5 heteroatoms. The van der Waals surface area contributed by atoms with Crippen LogP contribution in [0.5, 0.6) is 0 Å². The van der Waals surface area contributed by atoms with Gasteiger partial charge in [-0.2, -0.15) is 0 Å². The lowest BCUT2D eigenvalue weighted by atomic mass is 10.5. The molecule has 0 bridgehead atoms. The van der Waals surface area contributed by atoms with Crippen LogP contribution in [0.25, 0.3) is 0 Å². The summed E-state index contributed by atoms with van der Waals surface area (Å²) < 4.78 is 15.7. The van der Waals surface area contributed by atoms with E-state index in [1.54, 1.807) is 0 Å². The molecule has 17 heavy (non-hydrogen) atoms. The normalized spacial score (nSPS) is 10.8. The van der Waals surface area contributed by atoms with Gasteiger partial charge in [0.25, 0.3) is 0 Å². The maximum atomic E-state index is 5.27. The lowest BCUT2D eigenvalue weighted by molar-refractivity contribution is -0.140. The van der Waals surface area contributed by atoms with Gasteiger partial charge in [-0.3, -0.25) is 0 Å². The number of nitrogens with one attached hydrogen (secondary N) is 2. The van der Waals surface area contributed by atoms with E-state index in [2.05, 4.69) is 9.97 Å². The van der Waals surface area contributed by atoms with Crippen LogP contribution in [0.15, 0.2) is 36.7 Å². The summed E-state index contributed by atoms with van der Waals surface area (Å²) >= 11 is 0. The van der Waals surface area contributed by atoms with E-state index in [1.807, 2.05) is 36.7 Å². The van der Waals surface area contributed by atoms with Gasteiger partial charge in [-0.15, -0.1) is 0 Å². The van der Waals surface area contributed by atoms with Crippen molar-refractivity contribution in [3.05, 3.63) is 48.0 Å². The van der Waals surface area contributed by atoms with Crippen LogP contribution in [-0.2, 0) is 27.4 Å². The number of H-pyrrole nitrogens is 2. The fourth-order valence-electron chi connectivity index (χ4n) is 1.37. The topological polar surface area (TPSA) is 59.3 Å². The van der Waals surface area contributed by atoms with E-state index in [1.165, 1.54) is 0 Å². The van der Waals surface area contributed by atoms with Crippen LogP contribution in [0.2, 0.25) is 0 Å². The summed E-state index contributed by atoms with van der Waals surface area (Å²) in [6.45, 7) is 1.49. The highest BCUT2D eigenvalue weighted by Crippen LogP contribution is 1.98. The number of hydrogen-bond acceptors (Lipinski definition) is 3. The third-order valence-electron chi connectivity index (χ3n) is 2.17. The largest absolute Gasteiger partial charge is 0.363 e. The maximum absolute atomic E-state index is 5.27. The summed E-state index contributed by atoms with van der Waals surface area (Å²) in [6.07, 6.45) is 3.72. The van der Waals surface area contributed by atoms with Crippen molar-refractivity contribution in [1.82, 2.24) is 9.97 Å². The summed E-state index contributed by atoms with van der Waals surface area (Å²) in [7, 11) is 0. The van der Waals surface area contributed by atoms with E-state index < -0.39 is 0 Å². The lowest BCUT2D eigenvalue weighted by Crippen LogP contribution is -2.05. The minimum absolute atomic E-state index is 0.226. The summed E-state index contributed by atoms with van der Waals surface area (Å²) in [6, 6.07) is 7.78. The number of hydrogen-bond donors (Lipinski definition) is 2. The third kappa shape index (κ3) is 4.44. The second-order valence-electron chi connectivity index (χ2n) is 3.53. The Balaban J connectivity index is 1.44. The van der Waals surface area contributed by atoms with Crippen LogP contribution in [-0.4, -0.2) is 23.6 Å². The first-order valence-electron chi connectivity index (χ1n) is 5.43. The molecule has 0 aliphatic carbocycles. The van der Waals surface area contributed by atoms with Crippen molar-refractivity contribution >= 4 is 0 Å². The molecule has 0 radical (unpaired) electrons. The van der Waals surface area contributed by atoms with Crippen LogP contribution in [0.3, 0.4) is 0 Å². The van der Waals surface area contributed by atoms with Crippen LogP contribution >= 0.6 is 0 Å². The monoisotopic (exact) mass is 236 g/mol. The van der Waals surface area contributed by atoms with Crippen molar-refractivity contribution in [3.63, 3.8) is 0 Å². The number of rotatable bonds is 8. The average molecular weight is 236 g/mol. The van der Waals surface area contributed by atoms with Gasteiger partial charge in [0, 0.05) is 23.8 Å². The number of ether oxygens (including phenoxy) is 3. The molecule has 0 spiro atoms. The molecular weight excluding hydrogens is 220 g/mol. The Kier molecular flexibility index (Phi) is 4.84. The van der Waals surface area contributed by atoms with E-state index in [4.69, 9.17) is 14.2 Å². The second-order valence-corrected chi connectivity index (χ2v) is 3.53. The summed E-state index contributed by atoms with van der Waals surface area (Å²) in [5, 5.41) is 0. The minimum Gasteiger partial charge on any atom is -0.363 e. The highest BCUT2D eigenvalue weighted by atomic mass is 16.7. The summed E-state index contributed by atoms with van der Waals surface area (Å²) in [4.78, 5) is 6.08. The van der Waals surface area contributed by atoms with Crippen molar-refractivity contribution in [2.75, 3.05) is 13.6 Å². The van der Waals surface area contributed by atoms with E-state index >= 15 is 0 Å². The van der Waals surface area contributed by atoms with E-state index in [0.717, 1.165) is 11.4 Å². The smallest absolute Gasteiger partial charge is 0.150 e. The van der Waals surface area contributed by atoms with Gasteiger partial charge in [0.15, 0.2) is 0 Å². The number of aromatic nitrogens is 2. The highest BCUT2D eigenvalue weighted by Gasteiger charge is 1.94. The summed E-state index contributed by atoms with van der Waals surface area (Å²) in [5.74, 6) is 0. The van der Waals surface area contributed by atoms with Gasteiger partial charge >= 0.3 is 0 Å². The van der Waals surface area contributed by atoms with Crippen molar-refractivity contribution in [1.29, 1.82) is 0 Å². The van der Waals surface area contributed by atoms with Gasteiger partial charge in [-0.25, -0.2) is 0 Å². The van der Waals surface area contributed by atoms with E-state index in [-0.39, 0.29) is 13.6 Å². The van der Waals surface area contributed by atoms with Gasteiger partial charge in [0.1, 0.15) is 13.6 Å². The molecule has 92 valence electrons. The second kappa shape index (κ2) is 6.90. The Hall–Kier alpha value is -1.56. The van der Waals surface area contributed by atoms with Gasteiger partial charge in [0.2, 0.25) is 0 Å². The first-order valence-corrected chi connectivity index (χ1v) is 5.43. The van der Waals surface area contributed by atoms with Crippen LogP contribution in [0.1, 0.15) is 11.4 Å². The van der Waals surface area contributed by atoms with Crippen LogP contribution in [0, 0.1) is 0 Å². The molecule has 2 aromatic heterocycles. The van der Waals surface area contributed by atoms with Crippen LogP contribution in [0.4, 0.5) is 0 Å². The molecule has 2 heterocycles. The molecule has 0 aliphatic rings. The fourth-order valence-corrected chi connectivity index (χ4v) is 1.37. The SMILES string of the molecule is c1c[nH]c(COCOCOCc2ccc[nH]2)c1. The maximum Gasteiger partial charge on any atom is 0.150 e. The molecule has 0 unspecified atom stereocenters. The molecule has 0 atom stereocenters. The lowest BCUT2D eigenvalue weighted by Gasteiger charge is -2.05. The molecule has 0 fully saturated rings. The Labute approximate surface area is 99.7 Å². The van der Waals surface area contributed by atoms with Crippen molar-refractivity contribution in [3.8, 4) is 0 Å². The quantitative estimate of drug-likeness (QED) is 0.544. The third-order valence-corrected chi connectivity index (χ3v) is 2.17. The Morgan fingerprint density at radius 3 is 1.71 bits per heavy atom. The number of aromatic amines is 2. The Morgan fingerprint density at radius 1 is 0.765 bits per heavy atom. The molecular formula is C12H16N2O3. The van der Waals surface area contributed by atoms with Crippen molar-refractivity contribution in [2.45, 2.75) is 13.2 Å². The zero-order valence-corrected chi connectivity index (χ0v) is 9.52. The zero-order valence-electron chi connectivity index (χ0n) is 9.52. The Morgan fingerprint density at radius 2 is 1.29 bits per heavy atom. The summed E-state index contributed by atoms with van der Waals surface area (Å²) in [5.41, 5.74) is 2.06. The predicted octanol–water partition coefficient (Wildman–Crippen LogP) is 2.01. The average Bonchev–Trinajstić information content (AvgIpc) is 3.00. The predicted molar refractivity (Wildman–Crippen MR) is 62.0 cm³/mol. The first-order chi connectivity index (χ1) is 8.45. The molecule has 0 saturated carbocycles. The molecule has 0 aliphatic heterocycles. The molecule has 0 saturated heterocycles. The molecule has 0 amide bonds. The van der Waals surface area contributed by atoms with Gasteiger partial charge in [-0.05, 0) is 24.3 Å². The van der Waals surface area contributed by atoms with Crippen molar-refractivity contribution < 1.29 is 14.2 Å². The standard InChI is InChI=1S/C12H16N2O3/c1-3-11(13-5-1)7-15-9-17-10-16-8-12-4-2-6-14-12/h1-6,13-14H,7-10H2. The van der Waals surface area contributed by atoms with E-state index in [9.17, 15) is 0 Å². The minimum atomic E-state index is 0.226. The zero-order chi connectivity index (χ0) is 11.8. The molecule has 2 N–H and O–H groups in total. The van der Waals surface area contributed by atoms with Crippen molar-refractivity contribution in [2.24, 2.45) is 0 Å². The van der Waals surface area contributed by atoms with Crippen LogP contribution < -0.4 is 0 Å². The molecule has 2 rings (SSSR count). The van der Waals surface area contributed by atoms with Gasteiger partial charge in [0.05, 0.1) is 13.2 Å². The fraction of sp³-hybridized carbons (Fsp3) is 0.333. The van der Waals surface area contributed by atoms with Gasteiger partial charge in [-0.1, -0.05) is 0 Å². The first kappa shape index (κ1) is 11.9. The highest BCUT2D eigenvalue weighted by molar-refractivity contribution is 5.02. The Bertz CT molecular complexity index is 346. The van der Waals surface area contributed by atoms with Gasteiger partial charge < -0.3 is 24.2 Å². The molecule has 2 aromatic rings.